The lowest BCUT2D eigenvalue weighted by Gasteiger charge is -2.35. The molecule has 3 rings (SSSR count). The smallest absolute Gasteiger partial charge is 0.338 e. The monoisotopic (exact) mass is 460 g/mol. The minimum atomic E-state index is -3.88. The van der Waals surface area contributed by atoms with Gasteiger partial charge in [0.25, 0.3) is 15.9 Å². The van der Waals surface area contributed by atoms with Gasteiger partial charge in [-0.2, -0.15) is 0 Å². The van der Waals surface area contributed by atoms with Gasteiger partial charge < -0.3 is 14.4 Å². The zero-order chi connectivity index (χ0) is 23.3. The minimum absolute atomic E-state index is 0.0280. The lowest BCUT2D eigenvalue weighted by molar-refractivity contribution is -0.146. The second-order valence-electron chi connectivity index (χ2n) is 7.67. The Balaban J connectivity index is 1.71. The van der Waals surface area contributed by atoms with E-state index in [9.17, 15) is 18.0 Å². The standard InChI is InChI=1S/C23H28N2O6S/c1-4-25(20-10-6-5-7-11-20)32(28,29)21-12-8-9-19(13-21)23(27)30-16-22(26)24-14-17(2)31-18(3)15-24/h5-13,17-18H,4,14-16H2,1-3H3. The highest BCUT2D eigenvalue weighted by molar-refractivity contribution is 7.92. The fraction of sp³-hybridized carbons (Fsp3) is 0.391. The van der Waals surface area contributed by atoms with Gasteiger partial charge in [-0.3, -0.25) is 9.10 Å². The van der Waals surface area contributed by atoms with Crippen LogP contribution in [0.2, 0.25) is 0 Å². The Morgan fingerprint density at radius 3 is 2.34 bits per heavy atom. The number of sulfonamides is 1. The molecule has 2 atom stereocenters. The third-order valence-electron chi connectivity index (χ3n) is 5.09. The number of para-hydroxylation sites is 1. The van der Waals surface area contributed by atoms with E-state index in [4.69, 9.17) is 9.47 Å². The Morgan fingerprint density at radius 2 is 1.72 bits per heavy atom. The van der Waals surface area contributed by atoms with Crippen molar-refractivity contribution in [2.75, 3.05) is 30.5 Å². The van der Waals surface area contributed by atoms with Crippen LogP contribution < -0.4 is 4.31 Å². The van der Waals surface area contributed by atoms with E-state index in [1.165, 1.54) is 28.6 Å². The second kappa shape index (κ2) is 10.1. The summed E-state index contributed by atoms with van der Waals surface area (Å²) < 4.78 is 38.4. The number of ether oxygens (including phenoxy) is 2. The molecule has 0 radical (unpaired) electrons. The molecule has 0 spiro atoms. The summed E-state index contributed by atoms with van der Waals surface area (Å²) in [5.74, 6) is -1.07. The van der Waals surface area contributed by atoms with E-state index < -0.39 is 22.6 Å². The summed E-state index contributed by atoms with van der Waals surface area (Å²) in [5, 5.41) is 0. The number of hydrogen-bond acceptors (Lipinski definition) is 6. The Morgan fingerprint density at radius 1 is 1.06 bits per heavy atom. The Bertz CT molecular complexity index is 1050. The first-order chi connectivity index (χ1) is 15.2. The molecule has 2 unspecified atom stereocenters. The van der Waals surface area contributed by atoms with Gasteiger partial charge in [-0.05, 0) is 51.1 Å². The minimum Gasteiger partial charge on any atom is -0.452 e. The Kier molecular flexibility index (Phi) is 7.52. The number of esters is 1. The SMILES string of the molecule is CCN(c1ccccc1)S(=O)(=O)c1cccc(C(=O)OCC(=O)N2CC(C)OC(C)C2)c1. The van der Waals surface area contributed by atoms with Crippen molar-refractivity contribution < 1.29 is 27.5 Å². The average molecular weight is 461 g/mol. The number of anilines is 1. The molecular weight excluding hydrogens is 432 g/mol. The molecule has 0 aromatic heterocycles. The molecule has 1 amide bonds. The molecule has 0 N–H and O–H groups in total. The van der Waals surface area contributed by atoms with Crippen LogP contribution in [0.25, 0.3) is 0 Å². The van der Waals surface area contributed by atoms with Gasteiger partial charge >= 0.3 is 5.97 Å². The Hall–Kier alpha value is -2.91. The van der Waals surface area contributed by atoms with Gasteiger partial charge in [0.2, 0.25) is 0 Å². The fourth-order valence-corrected chi connectivity index (χ4v) is 5.20. The van der Waals surface area contributed by atoms with E-state index >= 15 is 0 Å². The number of hydrogen-bond donors (Lipinski definition) is 0. The van der Waals surface area contributed by atoms with Crippen molar-refractivity contribution in [3.05, 3.63) is 60.2 Å². The quantitative estimate of drug-likeness (QED) is 0.590. The molecule has 32 heavy (non-hydrogen) atoms. The molecule has 1 saturated heterocycles. The highest BCUT2D eigenvalue weighted by Crippen LogP contribution is 2.24. The van der Waals surface area contributed by atoms with Crippen LogP contribution in [0.1, 0.15) is 31.1 Å². The first kappa shape index (κ1) is 23.7. The van der Waals surface area contributed by atoms with E-state index in [0.29, 0.717) is 18.8 Å². The van der Waals surface area contributed by atoms with Crippen LogP contribution in [0.15, 0.2) is 59.5 Å². The molecule has 2 aromatic rings. The maximum absolute atomic E-state index is 13.2. The normalized spacial score (nSPS) is 18.8. The molecule has 1 aliphatic rings. The number of carbonyl (C=O) groups is 2. The van der Waals surface area contributed by atoms with E-state index in [2.05, 4.69) is 0 Å². The van der Waals surface area contributed by atoms with Crippen molar-refractivity contribution >= 4 is 27.6 Å². The summed E-state index contributed by atoms with van der Waals surface area (Å²) in [6.07, 6.45) is -0.183. The maximum atomic E-state index is 13.2. The third kappa shape index (κ3) is 5.46. The van der Waals surface area contributed by atoms with Crippen LogP contribution >= 0.6 is 0 Å². The average Bonchev–Trinajstić information content (AvgIpc) is 2.77. The Labute approximate surface area is 188 Å². The van der Waals surface area contributed by atoms with E-state index in [1.807, 2.05) is 13.8 Å². The molecular formula is C23H28N2O6S. The molecule has 2 aromatic carbocycles. The molecule has 1 fully saturated rings. The molecule has 172 valence electrons. The lowest BCUT2D eigenvalue weighted by Crippen LogP contribution is -2.49. The number of rotatable bonds is 7. The molecule has 8 nitrogen and oxygen atoms in total. The number of morpholine rings is 1. The van der Waals surface area contributed by atoms with Crippen LogP contribution in [0.4, 0.5) is 5.69 Å². The van der Waals surface area contributed by atoms with Gasteiger partial charge in [-0.1, -0.05) is 24.3 Å². The summed E-state index contributed by atoms with van der Waals surface area (Å²) in [6, 6.07) is 14.4. The summed E-state index contributed by atoms with van der Waals surface area (Å²) in [5.41, 5.74) is 0.592. The summed E-state index contributed by atoms with van der Waals surface area (Å²) in [7, 11) is -3.88. The first-order valence-corrected chi connectivity index (χ1v) is 11.9. The second-order valence-corrected chi connectivity index (χ2v) is 9.53. The molecule has 1 aliphatic heterocycles. The molecule has 0 aliphatic carbocycles. The number of benzene rings is 2. The largest absolute Gasteiger partial charge is 0.452 e. The maximum Gasteiger partial charge on any atom is 0.338 e. The van der Waals surface area contributed by atoms with Gasteiger partial charge in [0.15, 0.2) is 6.61 Å². The van der Waals surface area contributed by atoms with Crippen molar-refractivity contribution in [1.29, 1.82) is 0 Å². The van der Waals surface area contributed by atoms with Crippen LogP contribution in [0, 0.1) is 0 Å². The molecule has 1 heterocycles. The summed E-state index contributed by atoms with van der Waals surface area (Å²) >= 11 is 0. The lowest BCUT2D eigenvalue weighted by atomic mass is 10.2. The van der Waals surface area contributed by atoms with Crippen LogP contribution in [-0.2, 0) is 24.3 Å². The van der Waals surface area contributed by atoms with E-state index in [0.717, 1.165) is 0 Å². The zero-order valence-corrected chi connectivity index (χ0v) is 19.2. The van der Waals surface area contributed by atoms with Gasteiger partial charge in [0, 0.05) is 19.6 Å². The zero-order valence-electron chi connectivity index (χ0n) is 18.4. The van der Waals surface area contributed by atoms with E-state index in [-0.39, 0.29) is 35.1 Å². The highest BCUT2D eigenvalue weighted by atomic mass is 32.2. The number of carbonyl (C=O) groups excluding carboxylic acids is 2. The molecule has 0 saturated carbocycles. The number of amides is 1. The summed E-state index contributed by atoms with van der Waals surface area (Å²) in [4.78, 5) is 26.5. The molecule has 0 bridgehead atoms. The number of nitrogens with zero attached hydrogens (tertiary/aromatic N) is 2. The topological polar surface area (TPSA) is 93.2 Å². The summed E-state index contributed by atoms with van der Waals surface area (Å²) in [6.45, 7) is 6.17. The van der Waals surface area contributed by atoms with Crippen molar-refractivity contribution in [2.45, 2.75) is 37.9 Å². The predicted octanol–water partition coefficient (Wildman–Crippen LogP) is 2.69. The van der Waals surface area contributed by atoms with Crippen LogP contribution in [-0.4, -0.2) is 63.6 Å². The van der Waals surface area contributed by atoms with Gasteiger partial charge in [-0.25, -0.2) is 13.2 Å². The molecule has 9 heteroatoms. The van der Waals surface area contributed by atoms with Crippen molar-refractivity contribution in [2.24, 2.45) is 0 Å². The van der Waals surface area contributed by atoms with Crippen LogP contribution in [0.5, 0.6) is 0 Å². The van der Waals surface area contributed by atoms with Crippen LogP contribution in [0.3, 0.4) is 0 Å². The van der Waals surface area contributed by atoms with Gasteiger partial charge in [-0.15, -0.1) is 0 Å². The third-order valence-corrected chi connectivity index (χ3v) is 6.99. The van der Waals surface area contributed by atoms with E-state index in [1.54, 1.807) is 42.2 Å². The van der Waals surface area contributed by atoms with Crippen molar-refractivity contribution in [1.82, 2.24) is 4.90 Å². The van der Waals surface area contributed by atoms with Crippen molar-refractivity contribution in [3.63, 3.8) is 0 Å². The van der Waals surface area contributed by atoms with Gasteiger partial charge in [0.05, 0.1) is 28.4 Å². The highest BCUT2D eigenvalue weighted by Gasteiger charge is 2.27. The predicted molar refractivity (Wildman–Crippen MR) is 120 cm³/mol. The fourth-order valence-electron chi connectivity index (χ4n) is 3.68. The van der Waals surface area contributed by atoms with Gasteiger partial charge in [0.1, 0.15) is 0 Å². The first-order valence-electron chi connectivity index (χ1n) is 10.5. The van der Waals surface area contributed by atoms with Crippen molar-refractivity contribution in [3.8, 4) is 0 Å².